The van der Waals surface area contributed by atoms with Crippen LogP contribution in [-0.2, 0) is 6.54 Å². The van der Waals surface area contributed by atoms with Crippen molar-refractivity contribution in [3.05, 3.63) is 34.7 Å². The summed E-state index contributed by atoms with van der Waals surface area (Å²) in [6.45, 7) is 4.81. The van der Waals surface area contributed by atoms with Crippen molar-refractivity contribution in [1.29, 1.82) is 0 Å². The van der Waals surface area contributed by atoms with Gasteiger partial charge in [-0.05, 0) is 35.8 Å². The van der Waals surface area contributed by atoms with E-state index in [0.717, 1.165) is 16.6 Å². The Morgan fingerprint density at radius 1 is 1.44 bits per heavy atom. The first-order valence-electron chi connectivity index (χ1n) is 5.01. The minimum absolute atomic E-state index is 0.610. The van der Waals surface area contributed by atoms with E-state index in [0.29, 0.717) is 11.6 Å². The Bertz CT molecular complexity index is 496. The fraction of sp³-hybridized carbons (Fsp3) is 0.273. The quantitative estimate of drug-likeness (QED) is 0.868. The molecule has 2 heterocycles. The van der Waals surface area contributed by atoms with E-state index in [1.165, 1.54) is 0 Å². The summed E-state index contributed by atoms with van der Waals surface area (Å²) in [6.07, 6.45) is 5.25. The van der Waals surface area contributed by atoms with Gasteiger partial charge in [0.05, 0.1) is 12.4 Å². The summed E-state index contributed by atoms with van der Waals surface area (Å²) < 4.78 is 8.39. The number of aromatic nitrogens is 3. The van der Waals surface area contributed by atoms with Gasteiger partial charge in [-0.3, -0.25) is 4.68 Å². The maximum atomic E-state index is 5.63. The van der Waals surface area contributed by atoms with Crippen LogP contribution in [0.1, 0.15) is 12.5 Å². The Morgan fingerprint density at radius 2 is 2.25 bits per heavy atom. The fourth-order valence-electron chi connectivity index (χ4n) is 1.32. The molecule has 0 saturated heterocycles. The predicted octanol–water partition coefficient (Wildman–Crippen LogP) is 3.16. The summed E-state index contributed by atoms with van der Waals surface area (Å²) in [6, 6.07) is 1.96. The molecule has 0 fully saturated rings. The van der Waals surface area contributed by atoms with Gasteiger partial charge in [-0.1, -0.05) is 0 Å². The molecule has 16 heavy (non-hydrogen) atoms. The third-order valence-corrected chi connectivity index (χ3v) is 2.58. The monoisotopic (exact) mass is 281 g/mol. The highest BCUT2D eigenvalue weighted by atomic mass is 79.9. The molecule has 0 atom stereocenters. The van der Waals surface area contributed by atoms with E-state index >= 15 is 0 Å². The second-order valence-electron chi connectivity index (χ2n) is 3.41. The molecule has 0 saturated carbocycles. The fourth-order valence-corrected chi connectivity index (χ4v) is 1.76. The summed E-state index contributed by atoms with van der Waals surface area (Å²) in [4.78, 5) is 4.20. The van der Waals surface area contributed by atoms with Gasteiger partial charge >= 0.3 is 0 Å². The molecular weight excluding hydrogens is 270 g/mol. The molecule has 0 aromatic carbocycles. The standard InChI is InChI=1S/C11H12BrN3O/c1-3-15-7-10(6-14-15)16-11-8(2)4-9(12)5-13-11/h4-7H,3H2,1-2H3. The Labute approximate surface area is 102 Å². The van der Waals surface area contributed by atoms with Crippen LogP contribution in [0.4, 0.5) is 0 Å². The Hall–Kier alpha value is -1.36. The molecule has 2 aromatic rings. The van der Waals surface area contributed by atoms with E-state index in [-0.39, 0.29) is 0 Å². The molecule has 84 valence electrons. The molecule has 4 nitrogen and oxygen atoms in total. The van der Waals surface area contributed by atoms with Crippen molar-refractivity contribution in [3.8, 4) is 11.6 Å². The number of hydrogen-bond acceptors (Lipinski definition) is 3. The van der Waals surface area contributed by atoms with Gasteiger partial charge in [0.1, 0.15) is 0 Å². The molecule has 0 aliphatic heterocycles. The first-order valence-corrected chi connectivity index (χ1v) is 5.81. The van der Waals surface area contributed by atoms with Crippen LogP contribution in [0, 0.1) is 6.92 Å². The summed E-state index contributed by atoms with van der Waals surface area (Å²) in [5.41, 5.74) is 0.985. The number of ether oxygens (including phenoxy) is 1. The van der Waals surface area contributed by atoms with Gasteiger partial charge in [-0.25, -0.2) is 4.98 Å². The number of rotatable bonds is 3. The summed E-state index contributed by atoms with van der Waals surface area (Å²) in [5.74, 6) is 1.32. The maximum Gasteiger partial charge on any atom is 0.222 e. The van der Waals surface area contributed by atoms with Crippen LogP contribution in [0.15, 0.2) is 29.1 Å². The molecule has 0 unspecified atom stereocenters. The zero-order valence-corrected chi connectivity index (χ0v) is 10.7. The van der Waals surface area contributed by atoms with Crippen molar-refractivity contribution in [2.45, 2.75) is 20.4 Å². The van der Waals surface area contributed by atoms with Crippen molar-refractivity contribution >= 4 is 15.9 Å². The van der Waals surface area contributed by atoms with Crippen molar-refractivity contribution in [1.82, 2.24) is 14.8 Å². The van der Waals surface area contributed by atoms with Crippen LogP contribution in [0.25, 0.3) is 0 Å². The first-order chi connectivity index (χ1) is 7.69. The molecular formula is C11H12BrN3O. The Kier molecular flexibility index (Phi) is 3.24. The molecule has 2 aromatic heterocycles. The lowest BCUT2D eigenvalue weighted by Gasteiger charge is -2.04. The normalized spacial score (nSPS) is 10.4. The van der Waals surface area contributed by atoms with Crippen molar-refractivity contribution in [2.24, 2.45) is 0 Å². The summed E-state index contributed by atoms with van der Waals surface area (Å²) in [5, 5.41) is 4.13. The van der Waals surface area contributed by atoms with E-state index in [9.17, 15) is 0 Å². The smallest absolute Gasteiger partial charge is 0.222 e. The van der Waals surface area contributed by atoms with E-state index in [4.69, 9.17) is 4.74 Å². The van der Waals surface area contributed by atoms with Crippen molar-refractivity contribution < 1.29 is 4.74 Å². The molecule has 5 heteroatoms. The van der Waals surface area contributed by atoms with Crippen molar-refractivity contribution in [2.75, 3.05) is 0 Å². The van der Waals surface area contributed by atoms with Crippen LogP contribution >= 0.6 is 15.9 Å². The second kappa shape index (κ2) is 4.65. The Morgan fingerprint density at radius 3 is 2.88 bits per heavy atom. The van der Waals surface area contributed by atoms with Crippen molar-refractivity contribution in [3.63, 3.8) is 0 Å². The van der Waals surface area contributed by atoms with Crippen LogP contribution in [-0.4, -0.2) is 14.8 Å². The van der Waals surface area contributed by atoms with Gasteiger partial charge in [0.2, 0.25) is 5.88 Å². The summed E-state index contributed by atoms with van der Waals surface area (Å²) >= 11 is 3.36. The minimum Gasteiger partial charge on any atom is -0.435 e. The van der Waals surface area contributed by atoms with Crippen LogP contribution in [0.5, 0.6) is 11.6 Å². The molecule has 0 N–H and O–H groups in total. The van der Waals surface area contributed by atoms with Crippen LogP contribution in [0.3, 0.4) is 0 Å². The second-order valence-corrected chi connectivity index (χ2v) is 4.33. The van der Waals surface area contributed by atoms with E-state index in [2.05, 4.69) is 26.0 Å². The average Bonchev–Trinajstić information content (AvgIpc) is 2.70. The van der Waals surface area contributed by atoms with Gasteiger partial charge < -0.3 is 4.74 Å². The maximum absolute atomic E-state index is 5.63. The molecule has 0 radical (unpaired) electrons. The molecule has 0 bridgehead atoms. The predicted molar refractivity (Wildman–Crippen MR) is 64.6 cm³/mol. The summed E-state index contributed by atoms with van der Waals surface area (Å²) in [7, 11) is 0. The van der Waals surface area contributed by atoms with E-state index < -0.39 is 0 Å². The van der Waals surface area contributed by atoms with Crippen LogP contribution in [0.2, 0.25) is 0 Å². The number of hydrogen-bond donors (Lipinski definition) is 0. The number of halogens is 1. The zero-order valence-electron chi connectivity index (χ0n) is 9.14. The number of nitrogens with zero attached hydrogens (tertiary/aromatic N) is 3. The highest BCUT2D eigenvalue weighted by Crippen LogP contribution is 2.24. The zero-order chi connectivity index (χ0) is 11.5. The lowest BCUT2D eigenvalue weighted by atomic mass is 10.3. The average molecular weight is 282 g/mol. The van der Waals surface area contributed by atoms with Gasteiger partial charge in [-0.15, -0.1) is 0 Å². The molecule has 0 amide bonds. The highest BCUT2D eigenvalue weighted by Gasteiger charge is 2.05. The van der Waals surface area contributed by atoms with E-state index in [1.807, 2.05) is 30.8 Å². The molecule has 0 aliphatic rings. The van der Waals surface area contributed by atoms with Gasteiger partial charge in [-0.2, -0.15) is 5.10 Å². The lowest BCUT2D eigenvalue weighted by molar-refractivity contribution is 0.457. The third-order valence-electron chi connectivity index (χ3n) is 2.14. The first kappa shape index (κ1) is 11.1. The third kappa shape index (κ3) is 2.41. The van der Waals surface area contributed by atoms with Gasteiger partial charge in [0.15, 0.2) is 5.75 Å². The van der Waals surface area contributed by atoms with E-state index in [1.54, 1.807) is 12.4 Å². The molecule has 0 aliphatic carbocycles. The number of aryl methyl sites for hydroxylation is 2. The molecule has 0 spiro atoms. The topological polar surface area (TPSA) is 39.9 Å². The van der Waals surface area contributed by atoms with Gasteiger partial charge in [0.25, 0.3) is 0 Å². The lowest BCUT2D eigenvalue weighted by Crippen LogP contribution is -1.92. The van der Waals surface area contributed by atoms with Gasteiger partial charge in [0, 0.05) is 22.8 Å². The Balaban J connectivity index is 2.20. The SMILES string of the molecule is CCn1cc(Oc2ncc(Br)cc2C)cn1. The largest absolute Gasteiger partial charge is 0.435 e. The highest BCUT2D eigenvalue weighted by molar-refractivity contribution is 9.10. The van der Waals surface area contributed by atoms with Crippen LogP contribution < -0.4 is 4.74 Å². The minimum atomic E-state index is 0.610. The number of pyridine rings is 1. The molecule has 2 rings (SSSR count).